The van der Waals surface area contributed by atoms with E-state index in [0.29, 0.717) is 55.1 Å². The summed E-state index contributed by atoms with van der Waals surface area (Å²) >= 11 is 12.1. The average molecular weight is 704 g/mol. The lowest BCUT2D eigenvalue weighted by Crippen LogP contribution is -2.47. The quantitative estimate of drug-likeness (QED) is 0.296. The van der Waals surface area contributed by atoms with Gasteiger partial charge in [-0.05, 0) is 55.2 Å². The van der Waals surface area contributed by atoms with Gasteiger partial charge in [0.2, 0.25) is 11.7 Å². The van der Waals surface area contributed by atoms with E-state index in [4.69, 9.17) is 32.7 Å². The Labute approximate surface area is 280 Å². The zero-order valence-corrected chi connectivity index (χ0v) is 26.5. The van der Waals surface area contributed by atoms with Gasteiger partial charge in [-0.1, -0.05) is 29.3 Å². The maximum atomic E-state index is 14.2. The van der Waals surface area contributed by atoms with Crippen LogP contribution in [0.3, 0.4) is 0 Å². The SMILES string of the molecule is O=C(Cn1c2c(c(=O)n3nc(C4=CCOCC4)nc13)C1(CCN(C(=O)c3ccnc(Cl)c3)CC1)OC2)Nc1ccc(C(F)(F)F)cc1Cl. The minimum Gasteiger partial charge on any atom is -0.377 e. The molecular formula is C31H26Cl2F3N7O5. The van der Waals surface area contributed by atoms with Crippen molar-refractivity contribution < 1.29 is 32.2 Å². The smallest absolute Gasteiger partial charge is 0.377 e. The highest BCUT2D eigenvalue weighted by molar-refractivity contribution is 6.33. The second-order valence-corrected chi connectivity index (χ2v) is 12.4. The first-order valence-corrected chi connectivity index (χ1v) is 15.7. The molecule has 3 aliphatic heterocycles. The van der Waals surface area contributed by atoms with Crippen molar-refractivity contribution in [3.05, 3.63) is 91.3 Å². The minimum atomic E-state index is -4.61. The Morgan fingerprint density at radius 2 is 1.90 bits per heavy atom. The first-order valence-electron chi connectivity index (χ1n) is 14.9. The number of benzene rings is 1. The minimum absolute atomic E-state index is 0.0156. The standard InChI is InChI=1S/C31H26Cl2F3N7O5/c32-20-14-19(31(34,35)36)1-2-21(20)38-24(44)15-42-22-16-48-30(6-9-41(10-7-30)27(45)18-3-8-37-23(33)13-18)25(22)28(46)43-29(42)39-26(40-43)17-4-11-47-12-5-17/h1-4,8,13-14H,5-7,9-12,15-16H2,(H,38,44). The summed E-state index contributed by atoms with van der Waals surface area (Å²) in [6.45, 7) is 0.963. The highest BCUT2D eigenvalue weighted by Crippen LogP contribution is 2.43. The van der Waals surface area contributed by atoms with Gasteiger partial charge in [0.25, 0.3) is 11.5 Å². The molecule has 1 N–H and O–H groups in total. The molecule has 0 unspecified atom stereocenters. The van der Waals surface area contributed by atoms with Gasteiger partial charge in [0.1, 0.15) is 17.3 Å². The van der Waals surface area contributed by atoms with Gasteiger partial charge in [-0.2, -0.15) is 22.7 Å². The number of anilines is 1. The first-order chi connectivity index (χ1) is 22.9. The van der Waals surface area contributed by atoms with E-state index in [1.54, 1.807) is 11.0 Å². The Bertz CT molecular complexity index is 2050. The Morgan fingerprint density at radius 3 is 2.58 bits per heavy atom. The topological polar surface area (TPSA) is 133 Å². The van der Waals surface area contributed by atoms with Gasteiger partial charge in [0, 0.05) is 24.8 Å². The molecule has 0 radical (unpaired) electrons. The van der Waals surface area contributed by atoms with Crippen LogP contribution >= 0.6 is 23.2 Å². The van der Waals surface area contributed by atoms with Crippen LogP contribution in [-0.2, 0) is 39.2 Å². The van der Waals surface area contributed by atoms with Crippen molar-refractivity contribution in [2.75, 3.05) is 31.6 Å². The third-order valence-electron chi connectivity index (χ3n) is 8.75. The van der Waals surface area contributed by atoms with Crippen molar-refractivity contribution in [2.45, 2.75) is 44.2 Å². The molecule has 0 atom stereocenters. The molecule has 4 aromatic rings. The highest BCUT2D eigenvalue weighted by atomic mass is 35.5. The number of hydrogen-bond acceptors (Lipinski definition) is 8. The first kappa shape index (κ1) is 32.2. The molecule has 17 heteroatoms. The van der Waals surface area contributed by atoms with Gasteiger partial charge in [-0.15, -0.1) is 5.10 Å². The number of piperidine rings is 1. The van der Waals surface area contributed by atoms with Gasteiger partial charge < -0.3 is 24.3 Å². The lowest BCUT2D eigenvalue weighted by Gasteiger charge is -2.38. The van der Waals surface area contributed by atoms with E-state index in [-0.39, 0.29) is 53.8 Å². The van der Waals surface area contributed by atoms with Crippen molar-refractivity contribution in [3.8, 4) is 0 Å². The van der Waals surface area contributed by atoms with Crippen molar-refractivity contribution in [1.82, 2.24) is 29.0 Å². The van der Waals surface area contributed by atoms with Gasteiger partial charge in [0.15, 0.2) is 5.82 Å². The summed E-state index contributed by atoms with van der Waals surface area (Å²) in [5, 5.41) is 7.00. The number of nitrogens with zero attached hydrogens (tertiary/aromatic N) is 6. The molecule has 3 aliphatic rings. The fraction of sp³-hybridized carbons (Fsp3) is 0.355. The molecule has 7 rings (SSSR count). The molecule has 1 saturated heterocycles. The zero-order chi connectivity index (χ0) is 33.8. The van der Waals surface area contributed by atoms with Crippen molar-refractivity contribution in [1.29, 1.82) is 0 Å². The van der Waals surface area contributed by atoms with Crippen molar-refractivity contribution >= 4 is 52.1 Å². The number of likely N-dealkylation sites (tertiary alicyclic amines) is 1. The number of alkyl halides is 3. The van der Waals surface area contributed by atoms with Crippen molar-refractivity contribution in [3.63, 3.8) is 0 Å². The summed E-state index contributed by atoms with van der Waals surface area (Å²) in [6.07, 6.45) is -0.211. The third kappa shape index (κ3) is 5.84. The summed E-state index contributed by atoms with van der Waals surface area (Å²) in [5.74, 6) is -0.454. The number of fused-ring (bicyclic) bond motifs is 3. The molecule has 3 aromatic heterocycles. The molecule has 0 saturated carbocycles. The molecule has 12 nitrogen and oxygen atoms in total. The molecule has 1 aromatic carbocycles. The van der Waals surface area contributed by atoms with Crippen LogP contribution in [0.5, 0.6) is 0 Å². The summed E-state index contributed by atoms with van der Waals surface area (Å²) < 4.78 is 53.9. The molecule has 1 fully saturated rings. The second-order valence-electron chi connectivity index (χ2n) is 11.6. The number of pyridine rings is 1. The number of aromatic nitrogens is 5. The number of ether oxygens (including phenoxy) is 2. The van der Waals surface area contributed by atoms with E-state index < -0.39 is 28.8 Å². The van der Waals surface area contributed by atoms with E-state index in [1.807, 2.05) is 6.08 Å². The summed E-state index contributed by atoms with van der Waals surface area (Å²) in [7, 11) is 0. The lowest BCUT2D eigenvalue weighted by atomic mass is 9.85. The number of nitrogens with one attached hydrogen (secondary N) is 1. The van der Waals surface area contributed by atoms with E-state index >= 15 is 0 Å². The van der Waals surface area contributed by atoms with Crippen LogP contribution in [0.1, 0.15) is 52.3 Å². The predicted octanol–water partition coefficient (Wildman–Crippen LogP) is 4.72. The zero-order valence-electron chi connectivity index (χ0n) is 25.0. The molecule has 48 heavy (non-hydrogen) atoms. The van der Waals surface area contributed by atoms with Crippen LogP contribution in [0.2, 0.25) is 10.2 Å². The Kier molecular flexibility index (Phi) is 8.26. The third-order valence-corrected chi connectivity index (χ3v) is 9.27. The van der Waals surface area contributed by atoms with E-state index in [1.165, 1.54) is 16.8 Å². The average Bonchev–Trinajstić information content (AvgIpc) is 3.67. The van der Waals surface area contributed by atoms with Crippen LogP contribution in [-0.4, -0.2) is 67.2 Å². The molecule has 0 bridgehead atoms. The number of hydrogen-bond donors (Lipinski definition) is 1. The lowest BCUT2D eigenvalue weighted by molar-refractivity contribution is -0.137. The van der Waals surface area contributed by atoms with Crippen LogP contribution in [0.25, 0.3) is 11.4 Å². The largest absolute Gasteiger partial charge is 0.416 e. The maximum absolute atomic E-state index is 14.2. The summed E-state index contributed by atoms with van der Waals surface area (Å²) in [5.41, 5.74) is -0.584. The Morgan fingerprint density at radius 1 is 1.10 bits per heavy atom. The molecule has 6 heterocycles. The van der Waals surface area contributed by atoms with Crippen LogP contribution in [0.15, 0.2) is 47.4 Å². The maximum Gasteiger partial charge on any atom is 0.416 e. The fourth-order valence-corrected chi connectivity index (χ4v) is 6.73. The number of halogens is 5. The molecule has 250 valence electrons. The fourth-order valence-electron chi connectivity index (χ4n) is 6.33. The normalized spacial score (nSPS) is 17.4. The van der Waals surface area contributed by atoms with Crippen molar-refractivity contribution in [2.24, 2.45) is 0 Å². The predicted molar refractivity (Wildman–Crippen MR) is 167 cm³/mol. The molecule has 1 spiro atoms. The van der Waals surface area contributed by atoms with Crippen LogP contribution < -0.4 is 10.9 Å². The summed E-state index contributed by atoms with van der Waals surface area (Å²) in [6, 6.07) is 5.70. The number of carbonyl (C=O) groups is 2. The number of rotatable bonds is 5. The van der Waals surface area contributed by atoms with Crippen LogP contribution in [0, 0.1) is 0 Å². The number of carbonyl (C=O) groups excluding carboxylic acids is 2. The van der Waals surface area contributed by atoms with Gasteiger partial charge >= 0.3 is 6.18 Å². The van der Waals surface area contributed by atoms with Crippen LogP contribution in [0.4, 0.5) is 18.9 Å². The summed E-state index contributed by atoms with van der Waals surface area (Å²) in [4.78, 5) is 51.0. The molecule has 2 amide bonds. The van der Waals surface area contributed by atoms with E-state index in [9.17, 15) is 27.6 Å². The van der Waals surface area contributed by atoms with E-state index in [2.05, 4.69) is 20.4 Å². The Hall–Kier alpha value is -4.31. The molecule has 0 aliphatic carbocycles. The Balaban J connectivity index is 1.23. The number of amides is 2. The van der Waals surface area contributed by atoms with Gasteiger partial charge in [-0.3, -0.25) is 14.4 Å². The van der Waals surface area contributed by atoms with Gasteiger partial charge in [0.05, 0.1) is 47.4 Å². The second kappa shape index (κ2) is 12.3. The van der Waals surface area contributed by atoms with E-state index in [0.717, 1.165) is 28.3 Å². The highest BCUT2D eigenvalue weighted by Gasteiger charge is 2.48. The van der Waals surface area contributed by atoms with Gasteiger partial charge in [-0.25, -0.2) is 4.98 Å². The monoisotopic (exact) mass is 703 g/mol. The molecular weight excluding hydrogens is 678 g/mol.